The fourth-order valence-corrected chi connectivity index (χ4v) is 1.32. The number of nitrogens with zero attached hydrogens (tertiary/aromatic N) is 1. The number of carbonyl (C=O) groups is 1. The van der Waals surface area contributed by atoms with Crippen LogP contribution in [0.3, 0.4) is 0 Å². The average Bonchev–Trinajstić information content (AvgIpc) is 2.54. The maximum Gasteiger partial charge on any atom is 0.152 e. The fraction of sp³-hybridized carbons (Fsp3) is 0.727. The number of likely N-dealkylation sites (tertiary alicyclic amines) is 1. The average molecular weight is 201 g/mol. The SMILES string of the molecule is CC.CC(=O)/C=C/CN1CCC(F)C1. The zero-order valence-corrected chi connectivity index (χ0v) is 9.29. The first kappa shape index (κ1) is 13.3. The number of halogens is 1. The van der Waals surface area contributed by atoms with Gasteiger partial charge >= 0.3 is 0 Å². The molecule has 1 unspecified atom stereocenters. The Hall–Kier alpha value is -0.700. The molecule has 1 aliphatic heterocycles. The van der Waals surface area contributed by atoms with Crippen LogP contribution in [0.1, 0.15) is 27.2 Å². The first-order valence-corrected chi connectivity index (χ1v) is 5.22. The summed E-state index contributed by atoms with van der Waals surface area (Å²) in [5.74, 6) is 0.0472. The maximum atomic E-state index is 12.6. The van der Waals surface area contributed by atoms with E-state index in [9.17, 15) is 9.18 Å². The Kier molecular flexibility index (Phi) is 7.30. The molecule has 0 radical (unpaired) electrons. The van der Waals surface area contributed by atoms with Crippen molar-refractivity contribution < 1.29 is 9.18 Å². The van der Waals surface area contributed by atoms with Crippen LogP contribution in [0.5, 0.6) is 0 Å². The lowest BCUT2D eigenvalue weighted by molar-refractivity contribution is -0.112. The minimum Gasteiger partial charge on any atom is -0.297 e. The van der Waals surface area contributed by atoms with Gasteiger partial charge in [-0.15, -0.1) is 0 Å². The summed E-state index contributed by atoms with van der Waals surface area (Å²) in [6.07, 6.45) is 3.29. The molecule has 0 saturated carbocycles. The predicted molar refractivity (Wildman–Crippen MR) is 57.1 cm³/mol. The second-order valence-corrected chi connectivity index (χ2v) is 3.16. The molecule has 1 atom stereocenters. The second-order valence-electron chi connectivity index (χ2n) is 3.16. The number of carbonyl (C=O) groups excluding carboxylic acids is 1. The summed E-state index contributed by atoms with van der Waals surface area (Å²) in [6, 6.07) is 0. The van der Waals surface area contributed by atoms with Crippen LogP contribution in [0, 0.1) is 0 Å². The summed E-state index contributed by atoms with van der Waals surface area (Å²) in [5.41, 5.74) is 0. The van der Waals surface area contributed by atoms with Gasteiger partial charge in [-0.25, -0.2) is 4.39 Å². The van der Waals surface area contributed by atoms with Crippen LogP contribution >= 0.6 is 0 Å². The fourth-order valence-electron chi connectivity index (χ4n) is 1.32. The molecule has 82 valence electrons. The van der Waals surface area contributed by atoms with Crippen molar-refractivity contribution in [1.29, 1.82) is 0 Å². The van der Waals surface area contributed by atoms with E-state index in [1.54, 1.807) is 6.08 Å². The van der Waals surface area contributed by atoms with Gasteiger partial charge in [0.1, 0.15) is 6.17 Å². The van der Waals surface area contributed by atoms with E-state index < -0.39 is 6.17 Å². The van der Waals surface area contributed by atoms with Gasteiger partial charge in [-0.1, -0.05) is 19.9 Å². The summed E-state index contributed by atoms with van der Waals surface area (Å²) in [7, 11) is 0. The summed E-state index contributed by atoms with van der Waals surface area (Å²) < 4.78 is 12.6. The highest BCUT2D eigenvalue weighted by Gasteiger charge is 2.19. The third-order valence-electron chi connectivity index (χ3n) is 1.93. The minimum absolute atomic E-state index is 0.0472. The molecule has 1 fully saturated rings. The minimum atomic E-state index is -0.671. The number of alkyl halides is 1. The number of allylic oxidation sites excluding steroid dienone is 1. The normalized spacial score (nSPS) is 22.1. The van der Waals surface area contributed by atoms with Crippen LogP contribution < -0.4 is 0 Å². The quantitative estimate of drug-likeness (QED) is 0.652. The molecule has 0 N–H and O–H groups in total. The highest BCUT2D eigenvalue weighted by Crippen LogP contribution is 2.11. The lowest BCUT2D eigenvalue weighted by atomic mass is 10.3. The lowest BCUT2D eigenvalue weighted by Gasteiger charge is -2.10. The summed E-state index contributed by atoms with van der Waals surface area (Å²) in [6.45, 7) is 7.53. The van der Waals surface area contributed by atoms with Gasteiger partial charge < -0.3 is 0 Å². The van der Waals surface area contributed by atoms with E-state index in [1.165, 1.54) is 13.0 Å². The van der Waals surface area contributed by atoms with E-state index in [0.29, 0.717) is 19.5 Å². The molecule has 0 aromatic carbocycles. The van der Waals surface area contributed by atoms with E-state index in [-0.39, 0.29) is 5.78 Å². The second kappa shape index (κ2) is 7.68. The van der Waals surface area contributed by atoms with Gasteiger partial charge in [0.05, 0.1) is 0 Å². The molecule has 0 spiro atoms. The lowest BCUT2D eigenvalue weighted by Crippen LogP contribution is -2.20. The Morgan fingerprint density at radius 3 is 2.64 bits per heavy atom. The van der Waals surface area contributed by atoms with Crippen molar-refractivity contribution >= 4 is 5.78 Å². The van der Waals surface area contributed by atoms with Crippen LogP contribution in [0.2, 0.25) is 0 Å². The molecule has 14 heavy (non-hydrogen) atoms. The molecule has 0 aromatic rings. The highest BCUT2D eigenvalue weighted by atomic mass is 19.1. The smallest absolute Gasteiger partial charge is 0.152 e. The topological polar surface area (TPSA) is 20.3 Å². The molecule has 0 amide bonds. The molecule has 0 bridgehead atoms. The third kappa shape index (κ3) is 5.86. The van der Waals surface area contributed by atoms with Crippen LogP contribution in [0.25, 0.3) is 0 Å². The van der Waals surface area contributed by atoms with E-state index in [1.807, 2.05) is 18.7 Å². The Bertz CT molecular complexity index is 192. The van der Waals surface area contributed by atoms with Gasteiger partial charge in [-0.05, 0) is 19.4 Å². The Morgan fingerprint density at radius 2 is 2.21 bits per heavy atom. The van der Waals surface area contributed by atoms with Crippen LogP contribution in [-0.2, 0) is 4.79 Å². The van der Waals surface area contributed by atoms with E-state index in [4.69, 9.17) is 0 Å². The number of rotatable bonds is 3. The zero-order valence-electron chi connectivity index (χ0n) is 9.29. The van der Waals surface area contributed by atoms with Gasteiger partial charge in [0.2, 0.25) is 0 Å². The Balaban J connectivity index is 0.000000791. The van der Waals surface area contributed by atoms with Gasteiger partial charge in [0.15, 0.2) is 5.78 Å². The molecule has 1 rings (SSSR count). The van der Waals surface area contributed by atoms with Crippen molar-refractivity contribution in [2.24, 2.45) is 0 Å². The molecule has 1 aliphatic rings. The van der Waals surface area contributed by atoms with Crippen molar-refractivity contribution in [1.82, 2.24) is 4.90 Å². The largest absolute Gasteiger partial charge is 0.297 e. The van der Waals surface area contributed by atoms with Gasteiger partial charge in [-0.2, -0.15) is 0 Å². The first-order valence-electron chi connectivity index (χ1n) is 5.22. The summed E-state index contributed by atoms with van der Waals surface area (Å²) in [5, 5.41) is 0. The van der Waals surface area contributed by atoms with Crippen molar-refractivity contribution in [2.45, 2.75) is 33.4 Å². The van der Waals surface area contributed by atoms with Crippen molar-refractivity contribution in [3.8, 4) is 0 Å². The van der Waals surface area contributed by atoms with E-state index in [2.05, 4.69) is 0 Å². The maximum absolute atomic E-state index is 12.6. The molecule has 0 aliphatic carbocycles. The van der Waals surface area contributed by atoms with Crippen molar-refractivity contribution in [3.63, 3.8) is 0 Å². The van der Waals surface area contributed by atoms with Crippen molar-refractivity contribution in [3.05, 3.63) is 12.2 Å². The predicted octanol–water partition coefficient (Wildman–Crippen LogP) is 2.20. The third-order valence-corrected chi connectivity index (χ3v) is 1.93. The van der Waals surface area contributed by atoms with Gasteiger partial charge in [-0.3, -0.25) is 9.69 Å². The van der Waals surface area contributed by atoms with Gasteiger partial charge in [0, 0.05) is 19.6 Å². The van der Waals surface area contributed by atoms with Crippen LogP contribution in [0.4, 0.5) is 4.39 Å². The first-order chi connectivity index (χ1) is 6.68. The molecular weight excluding hydrogens is 181 g/mol. The Morgan fingerprint density at radius 1 is 1.57 bits per heavy atom. The van der Waals surface area contributed by atoms with E-state index in [0.717, 1.165) is 6.54 Å². The summed E-state index contributed by atoms with van der Waals surface area (Å²) in [4.78, 5) is 12.5. The summed E-state index contributed by atoms with van der Waals surface area (Å²) >= 11 is 0. The number of ketones is 1. The molecule has 1 heterocycles. The molecule has 2 nitrogen and oxygen atoms in total. The van der Waals surface area contributed by atoms with Crippen molar-refractivity contribution in [2.75, 3.05) is 19.6 Å². The highest BCUT2D eigenvalue weighted by molar-refractivity contribution is 5.87. The number of hydrogen-bond acceptors (Lipinski definition) is 2. The van der Waals surface area contributed by atoms with Crippen LogP contribution in [-0.4, -0.2) is 36.5 Å². The monoisotopic (exact) mass is 201 g/mol. The van der Waals surface area contributed by atoms with E-state index >= 15 is 0 Å². The molecule has 0 aromatic heterocycles. The van der Waals surface area contributed by atoms with Crippen LogP contribution in [0.15, 0.2) is 12.2 Å². The molecule has 1 saturated heterocycles. The van der Waals surface area contributed by atoms with Gasteiger partial charge in [0.25, 0.3) is 0 Å². The number of hydrogen-bond donors (Lipinski definition) is 0. The standard InChI is InChI=1S/C9H14FNO.C2H6/c1-8(12)3-2-5-11-6-4-9(10)7-11;1-2/h2-3,9H,4-7H2,1H3;1-2H3/b3-2+;. The Labute approximate surface area is 85.8 Å². The molecule has 3 heteroatoms. The zero-order chi connectivity index (χ0) is 11.0. The molecular formula is C11H20FNO.